The van der Waals surface area contributed by atoms with Gasteiger partial charge in [0, 0.05) is 55.6 Å². The van der Waals surface area contributed by atoms with Crippen LogP contribution in [0.2, 0.25) is 0 Å². The Morgan fingerprint density at radius 1 is 0.963 bits per heavy atom. The van der Waals surface area contributed by atoms with E-state index in [1.807, 2.05) is 55.3 Å². The first-order valence-electron chi connectivity index (χ1n) is 9.20. The number of aromatic nitrogens is 3. The van der Waals surface area contributed by atoms with Crippen LogP contribution in [-0.2, 0) is 0 Å². The van der Waals surface area contributed by atoms with E-state index in [-0.39, 0.29) is 5.91 Å². The molecule has 0 N–H and O–H groups in total. The summed E-state index contributed by atoms with van der Waals surface area (Å²) in [4.78, 5) is 21.8. The van der Waals surface area contributed by atoms with E-state index >= 15 is 0 Å². The topological polar surface area (TPSA) is 54.3 Å². The molecule has 27 heavy (non-hydrogen) atoms. The van der Waals surface area contributed by atoms with Gasteiger partial charge in [0.25, 0.3) is 5.91 Å². The van der Waals surface area contributed by atoms with Crippen molar-refractivity contribution >= 4 is 11.6 Å². The van der Waals surface area contributed by atoms with Crippen LogP contribution in [0, 0.1) is 13.8 Å². The van der Waals surface area contributed by atoms with Gasteiger partial charge in [0.2, 0.25) is 0 Å². The van der Waals surface area contributed by atoms with Crippen molar-refractivity contribution < 1.29 is 4.79 Å². The summed E-state index contributed by atoms with van der Waals surface area (Å²) in [6, 6.07) is 13.7. The van der Waals surface area contributed by atoms with Gasteiger partial charge in [0.15, 0.2) is 0 Å². The molecule has 3 heterocycles. The number of amides is 1. The van der Waals surface area contributed by atoms with E-state index in [9.17, 15) is 4.79 Å². The monoisotopic (exact) mass is 361 g/mol. The molecule has 1 aliphatic heterocycles. The minimum atomic E-state index is 0.0582. The Morgan fingerprint density at radius 2 is 1.67 bits per heavy atom. The lowest BCUT2D eigenvalue weighted by molar-refractivity contribution is 0.0746. The van der Waals surface area contributed by atoms with Crippen LogP contribution in [0.1, 0.15) is 21.7 Å². The van der Waals surface area contributed by atoms with Gasteiger partial charge in [-0.2, -0.15) is 5.10 Å². The van der Waals surface area contributed by atoms with Crippen molar-refractivity contribution in [1.82, 2.24) is 19.7 Å². The van der Waals surface area contributed by atoms with Gasteiger partial charge in [-0.3, -0.25) is 9.78 Å². The normalized spacial score (nSPS) is 14.4. The minimum absolute atomic E-state index is 0.0582. The second-order valence-corrected chi connectivity index (χ2v) is 6.86. The first kappa shape index (κ1) is 17.3. The molecule has 4 rings (SSSR count). The molecule has 0 aliphatic carbocycles. The van der Waals surface area contributed by atoms with Crippen molar-refractivity contribution in [2.75, 3.05) is 31.1 Å². The molecule has 2 aromatic heterocycles. The van der Waals surface area contributed by atoms with E-state index in [4.69, 9.17) is 0 Å². The summed E-state index contributed by atoms with van der Waals surface area (Å²) in [5.74, 6) is 0.0582. The average Bonchev–Trinajstić information content (AvgIpc) is 3.21. The molecule has 1 aliphatic rings. The van der Waals surface area contributed by atoms with E-state index in [1.54, 1.807) is 10.9 Å². The maximum atomic E-state index is 13.1. The summed E-state index contributed by atoms with van der Waals surface area (Å²) in [5.41, 5.74) is 4.73. The summed E-state index contributed by atoms with van der Waals surface area (Å²) >= 11 is 0. The number of carbonyl (C=O) groups excluding carboxylic acids is 1. The number of para-hydroxylation sites is 1. The van der Waals surface area contributed by atoms with Crippen molar-refractivity contribution in [3.8, 4) is 5.69 Å². The fourth-order valence-corrected chi connectivity index (χ4v) is 3.60. The Labute approximate surface area is 159 Å². The maximum absolute atomic E-state index is 13.1. The zero-order valence-electron chi connectivity index (χ0n) is 15.7. The number of carbonyl (C=O) groups is 1. The molecular formula is C21H23N5O. The van der Waals surface area contributed by atoms with E-state index in [1.165, 1.54) is 5.69 Å². The van der Waals surface area contributed by atoms with Crippen LogP contribution in [-0.4, -0.2) is 51.8 Å². The lowest BCUT2D eigenvalue weighted by Gasteiger charge is -2.36. The van der Waals surface area contributed by atoms with Gasteiger partial charge in [0.05, 0.1) is 11.3 Å². The molecular weight excluding hydrogens is 338 g/mol. The molecule has 6 heteroatoms. The number of pyridine rings is 1. The second kappa shape index (κ2) is 7.23. The smallest absolute Gasteiger partial charge is 0.256 e. The number of hydrogen-bond donors (Lipinski definition) is 0. The van der Waals surface area contributed by atoms with Gasteiger partial charge in [-0.15, -0.1) is 0 Å². The van der Waals surface area contributed by atoms with Crippen LogP contribution in [0.25, 0.3) is 5.69 Å². The number of rotatable bonds is 3. The number of anilines is 1. The molecule has 1 aromatic carbocycles. The number of hydrogen-bond acceptors (Lipinski definition) is 4. The van der Waals surface area contributed by atoms with Crippen LogP contribution in [0.5, 0.6) is 0 Å². The van der Waals surface area contributed by atoms with Gasteiger partial charge in [-0.1, -0.05) is 12.1 Å². The Morgan fingerprint density at radius 3 is 2.33 bits per heavy atom. The van der Waals surface area contributed by atoms with Crippen LogP contribution in [0.3, 0.4) is 0 Å². The third-order valence-corrected chi connectivity index (χ3v) is 4.88. The molecule has 0 unspecified atom stereocenters. The predicted molar refractivity (Wildman–Crippen MR) is 105 cm³/mol. The molecule has 0 spiro atoms. The Hall–Kier alpha value is -3.15. The zero-order valence-corrected chi connectivity index (χ0v) is 15.7. The Kier molecular flexibility index (Phi) is 4.62. The molecule has 1 fully saturated rings. The molecule has 0 atom stereocenters. The van der Waals surface area contributed by atoms with Gasteiger partial charge < -0.3 is 9.80 Å². The fraction of sp³-hybridized carbons (Fsp3) is 0.286. The van der Waals surface area contributed by atoms with E-state index < -0.39 is 0 Å². The summed E-state index contributed by atoms with van der Waals surface area (Å²) < 4.78 is 1.74. The lowest BCUT2D eigenvalue weighted by Crippen LogP contribution is -2.49. The van der Waals surface area contributed by atoms with Crippen molar-refractivity contribution in [2.24, 2.45) is 0 Å². The number of piperazine rings is 1. The standard InChI is InChI=1S/C21H23N5O/c1-16-14-18(15-17(2)23-16)24-10-12-25(13-11-24)21(27)19-6-3-4-7-20(19)26-9-5-8-22-26/h3-9,14-15H,10-13H2,1-2H3. The van der Waals surface area contributed by atoms with Gasteiger partial charge >= 0.3 is 0 Å². The largest absolute Gasteiger partial charge is 0.368 e. The maximum Gasteiger partial charge on any atom is 0.256 e. The number of benzene rings is 1. The van der Waals surface area contributed by atoms with Gasteiger partial charge in [-0.25, -0.2) is 4.68 Å². The molecule has 0 radical (unpaired) electrons. The van der Waals surface area contributed by atoms with Crippen molar-refractivity contribution in [1.29, 1.82) is 0 Å². The Bertz CT molecular complexity index is 923. The van der Waals surface area contributed by atoms with Crippen LogP contribution >= 0.6 is 0 Å². The summed E-state index contributed by atoms with van der Waals surface area (Å²) in [7, 11) is 0. The van der Waals surface area contributed by atoms with Crippen molar-refractivity contribution in [3.05, 3.63) is 71.8 Å². The molecule has 3 aromatic rings. The quantitative estimate of drug-likeness (QED) is 0.720. The van der Waals surface area contributed by atoms with E-state index in [0.717, 1.165) is 30.2 Å². The number of aryl methyl sites for hydroxylation is 2. The third-order valence-electron chi connectivity index (χ3n) is 4.88. The molecule has 1 amide bonds. The summed E-state index contributed by atoms with van der Waals surface area (Å²) in [6.45, 7) is 7.07. The average molecular weight is 361 g/mol. The van der Waals surface area contributed by atoms with Crippen LogP contribution < -0.4 is 4.90 Å². The molecule has 6 nitrogen and oxygen atoms in total. The van der Waals surface area contributed by atoms with Crippen LogP contribution in [0.4, 0.5) is 5.69 Å². The van der Waals surface area contributed by atoms with Gasteiger partial charge in [0.1, 0.15) is 0 Å². The second-order valence-electron chi connectivity index (χ2n) is 6.86. The fourth-order valence-electron chi connectivity index (χ4n) is 3.60. The molecule has 1 saturated heterocycles. The lowest BCUT2D eigenvalue weighted by atomic mass is 10.1. The minimum Gasteiger partial charge on any atom is -0.368 e. The molecule has 0 bridgehead atoms. The third kappa shape index (κ3) is 3.56. The van der Waals surface area contributed by atoms with Gasteiger partial charge in [-0.05, 0) is 44.2 Å². The molecule has 138 valence electrons. The van der Waals surface area contributed by atoms with E-state index in [0.29, 0.717) is 18.7 Å². The zero-order chi connectivity index (χ0) is 18.8. The van der Waals surface area contributed by atoms with Crippen LogP contribution in [0.15, 0.2) is 54.9 Å². The first-order valence-corrected chi connectivity index (χ1v) is 9.20. The van der Waals surface area contributed by atoms with Crippen molar-refractivity contribution in [3.63, 3.8) is 0 Å². The van der Waals surface area contributed by atoms with E-state index in [2.05, 4.69) is 27.1 Å². The highest BCUT2D eigenvalue weighted by molar-refractivity contribution is 5.97. The highest BCUT2D eigenvalue weighted by Crippen LogP contribution is 2.21. The Balaban J connectivity index is 1.50. The summed E-state index contributed by atoms with van der Waals surface area (Å²) in [6.07, 6.45) is 3.58. The predicted octanol–water partition coefficient (Wildman–Crippen LogP) is 2.85. The SMILES string of the molecule is Cc1cc(N2CCN(C(=O)c3ccccc3-n3cccn3)CC2)cc(C)n1. The highest BCUT2D eigenvalue weighted by atomic mass is 16.2. The summed E-state index contributed by atoms with van der Waals surface area (Å²) in [5, 5.41) is 4.27. The first-order chi connectivity index (χ1) is 13.1. The highest BCUT2D eigenvalue weighted by Gasteiger charge is 2.24. The van der Waals surface area contributed by atoms with Crippen molar-refractivity contribution in [2.45, 2.75) is 13.8 Å². The number of nitrogens with zero attached hydrogens (tertiary/aromatic N) is 5. The molecule has 0 saturated carbocycles.